The first kappa shape index (κ1) is 21.1. The number of likely N-dealkylation sites (N-methyl/N-ethyl adjacent to an activating group) is 1. The molecule has 1 unspecified atom stereocenters. The van der Waals surface area contributed by atoms with Crippen LogP contribution in [0.25, 0.3) is 0 Å². The van der Waals surface area contributed by atoms with Crippen molar-refractivity contribution < 1.29 is 9.18 Å². The number of carbonyl (C=O) groups excluding carboxylic acids is 1. The van der Waals surface area contributed by atoms with Gasteiger partial charge in [0.1, 0.15) is 0 Å². The molecule has 146 valence electrons. The van der Waals surface area contributed by atoms with Crippen LogP contribution in [0, 0.1) is 34.6 Å². The lowest BCUT2D eigenvalue weighted by Gasteiger charge is -2.45. The van der Waals surface area contributed by atoms with Gasteiger partial charge >= 0.3 is 0 Å². The van der Waals surface area contributed by atoms with Crippen molar-refractivity contribution in [1.82, 2.24) is 4.90 Å². The maximum absolute atomic E-state index is 16.0. The Morgan fingerprint density at radius 3 is 1.67 bits per heavy atom. The van der Waals surface area contributed by atoms with E-state index in [-0.39, 0.29) is 5.91 Å². The SMILES string of the molecule is Cc1c(C)c(C)c(C(=O)N(C)C(C)(C)C(C)(F)c2ccccc2)c(C)c1C. The second kappa shape index (κ2) is 7.10. The molecule has 2 nitrogen and oxygen atoms in total. The predicted molar refractivity (Wildman–Crippen MR) is 111 cm³/mol. The molecule has 0 fully saturated rings. The van der Waals surface area contributed by atoms with E-state index in [9.17, 15) is 4.79 Å². The molecule has 0 bridgehead atoms. The van der Waals surface area contributed by atoms with Gasteiger partial charge in [0, 0.05) is 12.6 Å². The number of hydrogen-bond donors (Lipinski definition) is 0. The summed E-state index contributed by atoms with van der Waals surface area (Å²) in [5.74, 6) is -0.138. The molecule has 2 rings (SSSR count). The number of nitrogens with zero attached hydrogens (tertiary/aromatic N) is 1. The standard InChI is InChI=1S/C24H32FNO/c1-15-16(2)18(4)21(19(5)17(15)3)22(27)26(9)23(6,7)24(8,25)20-13-11-10-12-14-20/h10-14H,1-9H3. The van der Waals surface area contributed by atoms with Gasteiger partial charge in [-0.05, 0) is 88.8 Å². The monoisotopic (exact) mass is 369 g/mol. The quantitative estimate of drug-likeness (QED) is 0.651. The average molecular weight is 370 g/mol. The first-order valence-electron chi connectivity index (χ1n) is 9.45. The van der Waals surface area contributed by atoms with Gasteiger partial charge in [-0.25, -0.2) is 4.39 Å². The van der Waals surface area contributed by atoms with Crippen LogP contribution in [0.5, 0.6) is 0 Å². The summed E-state index contributed by atoms with van der Waals surface area (Å²) in [6.45, 7) is 15.3. The lowest BCUT2D eigenvalue weighted by molar-refractivity contribution is -0.00922. The lowest BCUT2D eigenvalue weighted by atomic mass is 9.78. The fourth-order valence-corrected chi connectivity index (χ4v) is 3.66. The Morgan fingerprint density at radius 1 is 0.815 bits per heavy atom. The van der Waals surface area contributed by atoms with Crippen LogP contribution in [-0.2, 0) is 5.67 Å². The summed E-state index contributed by atoms with van der Waals surface area (Å²) >= 11 is 0. The normalized spacial score (nSPS) is 14.0. The molecule has 0 aromatic heterocycles. The third-order valence-corrected chi connectivity index (χ3v) is 6.82. The van der Waals surface area contributed by atoms with E-state index in [1.54, 1.807) is 44.9 Å². The first-order chi connectivity index (χ1) is 12.4. The van der Waals surface area contributed by atoms with E-state index in [1.165, 1.54) is 5.56 Å². The molecular formula is C24H32FNO. The highest BCUT2D eigenvalue weighted by Gasteiger charge is 2.48. The molecule has 0 aliphatic carbocycles. The third kappa shape index (κ3) is 3.28. The highest BCUT2D eigenvalue weighted by atomic mass is 19.1. The van der Waals surface area contributed by atoms with Crippen molar-refractivity contribution in [3.63, 3.8) is 0 Å². The number of carbonyl (C=O) groups is 1. The van der Waals surface area contributed by atoms with Crippen molar-refractivity contribution in [1.29, 1.82) is 0 Å². The minimum absolute atomic E-state index is 0.138. The number of benzene rings is 2. The molecule has 3 heteroatoms. The second-order valence-electron chi connectivity index (χ2n) is 8.29. The summed E-state index contributed by atoms with van der Waals surface area (Å²) in [6.07, 6.45) is 0. The number of halogens is 1. The first-order valence-corrected chi connectivity index (χ1v) is 9.45. The van der Waals surface area contributed by atoms with Crippen molar-refractivity contribution in [3.8, 4) is 0 Å². The van der Waals surface area contributed by atoms with Gasteiger partial charge < -0.3 is 4.90 Å². The summed E-state index contributed by atoms with van der Waals surface area (Å²) < 4.78 is 16.0. The van der Waals surface area contributed by atoms with Crippen LogP contribution in [-0.4, -0.2) is 23.4 Å². The van der Waals surface area contributed by atoms with Crippen LogP contribution in [0.3, 0.4) is 0 Å². The maximum atomic E-state index is 16.0. The fourth-order valence-electron chi connectivity index (χ4n) is 3.66. The molecule has 2 aromatic rings. The van der Waals surface area contributed by atoms with Crippen molar-refractivity contribution in [2.24, 2.45) is 0 Å². The van der Waals surface area contributed by atoms with E-state index >= 15 is 4.39 Å². The molecule has 0 N–H and O–H groups in total. The molecule has 1 amide bonds. The highest BCUT2D eigenvalue weighted by Crippen LogP contribution is 2.41. The van der Waals surface area contributed by atoms with Crippen LogP contribution in [0.4, 0.5) is 4.39 Å². The van der Waals surface area contributed by atoms with Crippen LogP contribution in [0.15, 0.2) is 30.3 Å². The molecule has 1 atom stereocenters. The Bertz CT molecular complexity index is 837. The van der Waals surface area contributed by atoms with Gasteiger partial charge in [0.25, 0.3) is 5.91 Å². The van der Waals surface area contributed by atoms with E-state index < -0.39 is 11.2 Å². The lowest BCUT2D eigenvalue weighted by Crippen LogP contribution is -2.56. The van der Waals surface area contributed by atoms with E-state index in [0.717, 1.165) is 22.3 Å². The molecule has 27 heavy (non-hydrogen) atoms. The minimum Gasteiger partial charge on any atom is -0.333 e. The van der Waals surface area contributed by atoms with Gasteiger partial charge in [0.05, 0.1) is 5.54 Å². The predicted octanol–water partition coefficient (Wildman–Crippen LogP) is 5.96. The van der Waals surface area contributed by atoms with Crippen LogP contribution in [0.1, 0.15) is 64.5 Å². The van der Waals surface area contributed by atoms with Crippen LogP contribution in [0.2, 0.25) is 0 Å². The van der Waals surface area contributed by atoms with E-state index in [4.69, 9.17) is 0 Å². The third-order valence-electron chi connectivity index (χ3n) is 6.82. The Morgan fingerprint density at radius 2 is 1.22 bits per heavy atom. The number of amides is 1. The Balaban J connectivity index is 2.55. The molecule has 2 aromatic carbocycles. The smallest absolute Gasteiger partial charge is 0.254 e. The van der Waals surface area contributed by atoms with E-state index in [0.29, 0.717) is 11.1 Å². The molecule has 0 spiro atoms. The summed E-state index contributed by atoms with van der Waals surface area (Å²) in [6, 6.07) is 9.07. The molecule has 0 saturated carbocycles. The summed E-state index contributed by atoms with van der Waals surface area (Å²) in [4.78, 5) is 15.0. The van der Waals surface area contributed by atoms with Crippen LogP contribution < -0.4 is 0 Å². The molecule has 0 heterocycles. The number of alkyl halides is 1. The van der Waals surface area contributed by atoms with Crippen molar-refractivity contribution >= 4 is 5.91 Å². The minimum atomic E-state index is -1.70. The molecule has 0 aliphatic heterocycles. The van der Waals surface area contributed by atoms with Crippen molar-refractivity contribution in [3.05, 3.63) is 69.3 Å². The maximum Gasteiger partial charge on any atom is 0.254 e. The van der Waals surface area contributed by atoms with Gasteiger partial charge in [-0.15, -0.1) is 0 Å². The zero-order valence-corrected chi connectivity index (χ0v) is 18.1. The fraction of sp³-hybridized carbons (Fsp3) is 0.458. The zero-order valence-electron chi connectivity index (χ0n) is 18.1. The van der Waals surface area contributed by atoms with Gasteiger partial charge in [-0.2, -0.15) is 0 Å². The Kier molecular flexibility index (Phi) is 5.56. The average Bonchev–Trinajstić information content (AvgIpc) is 2.64. The summed E-state index contributed by atoms with van der Waals surface area (Å²) in [5.41, 5.74) is 3.94. The van der Waals surface area contributed by atoms with Crippen molar-refractivity contribution in [2.45, 2.75) is 66.6 Å². The zero-order chi connectivity index (χ0) is 20.7. The van der Waals surface area contributed by atoms with Crippen LogP contribution >= 0.6 is 0 Å². The summed E-state index contributed by atoms with van der Waals surface area (Å²) in [7, 11) is 1.70. The topological polar surface area (TPSA) is 20.3 Å². The largest absolute Gasteiger partial charge is 0.333 e. The Labute approximate surface area is 163 Å². The molecule has 0 radical (unpaired) electrons. The summed E-state index contributed by atoms with van der Waals surface area (Å²) in [5, 5.41) is 0. The van der Waals surface area contributed by atoms with Gasteiger partial charge in [-0.1, -0.05) is 30.3 Å². The number of hydrogen-bond acceptors (Lipinski definition) is 1. The van der Waals surface area contributed by atoms with Gasteiger partial charge in [-0.3, -0.25) is 4.79 Å². The highest BCUT2D eigenvalue weighted by molar-refractivity contribution is 5.98. The van der Waals surface area contributed by atoms with Crippen molar-refractivity contribution in [2.75, 3.05) is 7.05 Å². The molecule has 0 aliphatic rings. The molecular weight excluding hydrogens is 337 g/mol. The Hall–Kier alpha value is -2.16. The van der Waals surface area contributed by atoms with Gasteiger partial charge in [0.15, 0.2) is 5.67 Å². The second-order valence-corrected chi connectivity index (χ2v) is 8.29. The molecule has 0 saturated heterocycles. The van der Waals surface area contributed by atoms with E-state index in [2.05, 4.69) is 6.92 Å². The van der Waals surface area contributed by atoms with Gasteiger partial charge in [0.2, 0.25) is 0 Å². The van der Waals surface area contributed by atoms with E-state index in [1.807, 2.05) is 45.9 Å². The number of rotatable bonds is 4.